The molecule has 0 atom stereocenters. The van der Waals surface area contributed by atoms with Gasteiger partial charge in [-0.3, -0.25) is 0 Å². The first-order valence-corrected chi connectivity index (χ1v) is 6.64. The van der Waals surface area contributed by atoms with Gasteiger partial charge >= 0.3 is 0 Å². The molecule has 1 aromatic carbocycles. The maximum atomic E-state index is 5.58. The minimum atomic E-state index is 0.513. The molecule has 0 aliphatic carbocycles. The van der Waals surface area contributed by atoms with Crippen LogP contribution in [-0.4, -0.2) is 11.5 Å². The number of anilines is 1. The first kappa shape index (κ1) is 12.1. The van der Waals surface area contributed by atoms with Gasteiger partial charge < -0.3 is 10.6 Å². The lowest BCUT2D eigenvalue weighted by molar-refractivity contribution is 0.820. The van der Waals surface area contributed by atoms with E-state index >= 15 is 0 Å². The lowest BCUT2D eigenvalue weighted by Crippen LogP contribution is -2.21. The zero-order chi connectivity index (χ0) is 12.1. The molecule has 0 aliphatic heterocycles. The van der Waals surface area contributed by atoms with E-state index in [2.05, 4.69) is 41.1 Å². The summed E-state index contributed by atoms with van der Waals surface area (Å²) in [5.41, 5.74) is 7.86. The Morgan fingerprint density at radius 1 is 1.29 bits per heavy atom. The van der Waals surface area contributed by atoms with Gasteiger partial charge in [0.1, 0.15) is 0 Å². The lowest BCUT2D eigenvalue weighted by atomic mass is 10.2. The van der Waals surface area contributed by atoms with E-state index in [4.69, 9.17) is 5.73 Å². The van der Waals surface area contributed by atoms with Gasteiger partial charge in [0.05, 0.1) is 5.69 Å². The van der Waals surface area contributed by atoms with Crippen LogP contribution in [0.15, 0.2) is 35.7 Å². The molecule has 0 saturated heterocycles. The maximum absolute atomic E-state index is 5.58. The molecule has 2 rings (SSSR count). The summed E-state index contributed by atoms with van der Waals surface area (Å²) >= 11 is 1.66. The summed E-state index contributed by atoms with van der Waals surface area (Å²) in [6, 6.07) is 10.4. The summed E-state index contributed by atoms with van der Waals surface area (Å²) < 4.78 is 0. The number of nitrogens with two attached hydrogens (primary N) is 1. The van der Waals surface area contributed by atoms with E-state index in [0.717, 1.165) is 23.9 Å². The Kier molecular flexibility index (Phi) is 4.12. The molecule has 0 unspecified atom stereocenters. The highest BCUT2D eigenvalue weighted by molar-refractivity contribution is 7.13. The van der Waals surface area contributed by atoms with Crippen LogP contribution in [0.4, 0.5) is 5.13 Å². The topological polar surface area (TPSA) is 42.2 Å². The van der Waals surface area contributed by atoms with E-state index in [-0.39, 0.29) is 0 Å². The van der Waals surface area contributed by atoms with Crippen LogP contribution in [0.3, 0.4) is 0 Å². The van der Waals surface area contributed by atoms with Gasteiger partial charge in [0, 0.05) is 25.0 Å². The van der Waals surface area contributed by atoms with Crippen molar-refractivity contribution >= 4 is 16.5 Å². The number of aromatic nitrogens is 1. The zero-order valence-electron chi connectivity index (χ0n) is 9.97. The Morgan fingerprint density at radius 2 is 2.06 bits per heavy atom. The molecule has 4 heteroatoms. The molecule has 17 heavy (non-hydrogen) atoms. The van der Waals surface area contributed by atoms with Crippen LogP contribution in [0.5, 0.6) is 0 Å². The number of benzene rings is 1. The average Bonchev–Trinajstić information content (AvgIpc) is 2.86. The van der Waals surface area contributed by atoms with Crippen molar-refractivity contribution in [1.29, 1.82) is 0 Å². The monoisotopic (exact) mass is 247 g/mol. The molecular weight excluding hydrogens is 230 g/mol. The molecule has 0 spiro atoms. The quantitative estimate of drug-likeness (QED) is 0.883. The molecule has 90 valence electrons. The predicted molar refractivity (Wildman–Crippen MR) is 73.2 cm³/mol. The van der Waals surface area contributed by atoms with E-state index in [1.54, 1.807) is 11.3 Å². The lowest BCUT2D eigenvalue weighted by Gasteiger charge is -2.19. The van der Waals surface area contributed by atoms with Crippen molar-refractivity contribution in [3.05, 3.63) is 47.0 Å². The van der Waals surface area contributed by atoms with E-state index < -0.39 is 0 Å². The molecule has 1 aromatic heterocycles. The fourth-order valence-corrected chi connectivity index (χ4v) is 2.56. The molecule has 1 heterocycles. The summed E-state index contributed by atoms with van der Waals surface area (Å²) in [4.78, 5) is 6.78. The van der Waals surface area contributed by atoms with Crippen molar-refractivity contribution in [3.8, 4) is 0 Å². The van der Waals surface area contributed by atoms with E-state index in [9.17, 15) is 0 Å². The highest BCUT2D eigenvalue weighted by Gasteiger charge is 2.09. The van der Waals surface area contributed by atoms with Gasteiger partial charge in [-0.25, -0.2) is 4.98 Å². The second-order valence-electron chi connectivity index (χ2n) is 3.83. The van der Waals surface area contributed by atoms with Gasteiger partial charge in [-0.2, -0.15) is 0 Å². The minimum absolute atomic E-state index is 0.513. The second kappa shape index (κ2) is 5.80. The summed E-state index contributed by atoms with van der Waals surface area (Å²) in [7, 11) is 0. The molecule has 2 aromatic rings. The van der Waals surface area contributed by atoms with Gasteiger partial charge in [0.15, 0.2) is 5.13 Å². The first-order valence-electron chi connectivity index (χ1n) is 5.76. The van der Waals surface area contributed by atoms with E-state index in [0.29, 0.717) is 6.54 Å². The second-order valence-corrected chi connectivity index (χ2v) is 4.66. The SMILES string of the molecule is CCN(Cc1ccccc1)c1nc(CN)cs1. The number of hydrogen-bond donors (Lipinski definition) is 1. The summed E-state index contributed by atoms with van der Waals surface area (Å²) in [6.45, 7) is 4.51. The van der Waals surface area contributed by atoms with Crippen molar-refractivity contribution in [2.45, 2.75) is 20.0 Å². The Balaban J connectivity index is 2.11. The summed E-state index contributed by atoms with van der Waals surface area (Å²) in [5, 5.41) is 3.08. The smallest absolute Gasteiger partial charge is 0.185 e. The van der Waals surface area contributed by atoms with Crippen LogP contribution >= 0.6 is 11.3 Å². The highest BCUT2D eigenvalue weighted by Crippen LogP contribution is 2.21. The van der Waals surface area contributed by atoms with Crippen molar-refractivity contribution in [1.82, 2.24) is 4.98 Å². The Hall–Kier alpha value is -1.39. The molecule has 0 radical (unpaired) electrons. The minimum Gasteiger partial charge on any atom is -0.344 e. The fourth-order valence-electron chi connectivity index (χ4n) is 1.65. The van der Waals surface area contributed by atoms with Gasteiger partial charge in [-0.05, 0) is 12.5 Å². The van der Waals surface area contributed by atoms with E-state index in [1.807, 2.05) is 11.4 Å². The van der Waals surface area contributed by atoms with Crippen LogP contribution in [-0.2, 0) is 13.1 Å². The zero-order valence-corrected chi connectivity index (χ0v) is 10.8. The Bertz CT molecular complexity index is 453. The fraction of sp³-hybridized carbons (Fsp3) is 0.308. The Morgan fingerprint density at radius 3 is 2.65 bits per heavy atom. The molecule has 0 fully saturated rings. The van der Waals surface area contributed by atoms with Crippen LogP contribution in [0.25, 0.3) is 0 Å². The standard InChI is InChI=1S/C13H17N3S/c1-2-16(9-11-6-4-3-5-7-11)13-15-12(8-14)10-17-13/h3-7,10H,2,8-9,14H2,1H3. The largest absolute Gasteiger partial charge is 0.344 e. The average molecular weight is 247 g/mol. The Labute approximate surface area is 106 Å². The third-order valence-electron chi connectivity index (χ3n) is 2.62. The predicted octanol–water partition coefficient (Wildman–Crippen LogP) is 2.63. The van der Waals surface area contributed by atoms with Gasteiger partial charge in [-0.1, -0.05) is 30.3 Å². The van der Waals surface area contributed by atoms with Gasteiger partial charge in [-0.15, -0.1) is 11.3 Å². The van der Waals surface area contributed by atoms with Crippen molar-refractivity contribution in [2.75, 3.05) is 11.4 Å². The van der Waals surface area contributed by atoms with Gasteiger partial charge in [0.25, 0.3) is 0 Å². The molecule has 0 saturated carbocycles. The third kappa shape index (κ3) is 3.05. The molecule has 3 nitrogen and oxygen atoms in total. The summed E-state index contributed by atoms with van der Waals surface area (Å²) in [6.07, 6.45) is 0. The van der Waals surface area contributed by atoms with Crippen LogP contribution < -0.4 is 10.6 Å². The highest BCUT2D eigenvalue weighted by atomic mass is 32.1. The first-order chi connectivity index (χ1) is 8.33. The van der Waals surface area contributed by atoms with Crippen LogP contribution in [0, 0.1) is 0 Å². The molecule has 2 N–H and O–H groups in total. The number of nitrogens with zero attached hydrogens (tertiary/aromatic N) is 2. The molecule has 0 aliphatic rings. The van der Waals surface area contributed by atoms with Crippen molar-refractivity contribution in [3.63, 3.8) is 0 Å². The number of rotatable bonds is 5. The molecular formula is C13H17N3S. The van der Waals surface area contributed by atoms with Crippen LogP contribution in [0.1, 0.15) is 18.2 Å². The van der Waals surface area contributed by atoms with E-state index in [1.165, 1.54) is 5.56 Å². The number of thiazole rings is 1. The maximum Gasteiger partial charge on any atom is 0.185 e. The number of hydrogen-bond acceptors (Lipinski definition) is 4. The van der Waals surface area contributed by atoms with Gasteiger partial charge in [0.2, 0.25) is 0 Å². The van der Waals surface area contributed by atoms with Crippen LogP contribution in [0.2, 0.25) is 0 Å². The van der Waals surface area contributed by atoms with Crippen molar-refractivity contribution < 1.29 is 0 Å². The van der Waals surface area contributed by atoms with Crippen molar-refractivity contribution in [2.24, 2.45) is 5.73 Å². The third-order valence-corrected chi connectivity index (χ3v) is 3.57. The molecule has 0 amide bonds. The normalized spacial score (nSPS) is 10.5. The summed E-state index contributed by atoms with van der Waals surface area (Å²) in [5.74, 6) is 0. The molecule has 0 bridgehead atoms.